The molecular weight excluding hydrogens is 314 g/mol. The summed E-state index contributed by atoms with van der Waals surface area (Å²) in [5, 5.41) is 3.98. The number of amides is 1. The summed E-state index contributed by atoms with van der Waals surface area (Å²) >= 11 is 0. The van der Waals surface area contributed by atoms with Gasteiger partial charge in [0.2, 0.25) is 0 Å². The molecule has 1 aliphatic rings. The second-order valence-electron chi connectivity index (χ2n) is 5.68. The van der Waals surface area contributed by atoms with Crippen molar-refractivity contribution in [1.29, 1.82) is 0 Å². The molecule has 0 saturated carbocycles. The summed E-state index contributed by atoms with van der Waals surface area (Å²) in [6, 6.07) is 11.7. The summed E-state index contributed by atoms with van der Waals surface area (Å²) in [5.41, 5.74) is 1.59. The number of hydrogen-bond donors (Lipinski definition) is 0. The second kappa shape index (κ2) is 6.78. The lowest BCUT2D eigenvalue weighted by molar-refractivity contribution is 0.0482. The highest BCUT2D eigenvalue weighted by atomic mass is 19.1. The minimum atomic E-state index is -0.455. The van der Waals surface area contributed by atoms with E-state index in [1.165, 1.54) is 35.2 Å². The third-order valence-corrected chi connectivity index (χ3v) is 3.79. The summed E-state index contributed by atoms with van der Waals surface area (Å²) in [6.07, 6.45) is 0.162. The molecule has 0 fully saturated rings. The van der Waals surface area contributed by atoms with Crippen LogP contribution in [0.3, 0.4) is 0 Å². The second-order valence-corrected chi connectivity index (χ2v) is 5.68. The minimum Gasteiger partial charge on any atom is -0.390 e. The summed E-state index contributed by atoms with van der Waals surface area (Å²) in [4.78, 5) is 19.1. The Labute approximate surface area is 138 Å². The van der Waals surface area contributed by atoms with Gasteiger partial charge in [-0.3, -0.25) is 4.79 Å². The summed E-state index contributed by atoms with van der Waals surface area (Å²) in [5.74, 6) is -1.09. The van der Waals surface area contributed by atoms with Crippen molar-refractivity contribution in [3.05, 3.63) is 71.3 Å². The minimum absolute atomic E-state index is 0.279. The number of benzene rings is 2. The molecule has 2 aromatic carbocycles. The van der Waals surface area contributed by atoms with E-state index in [4.69, 9.17) is 4.84 Å². The topological polar surface area (TPSA) is 41.9 Å². The lowest BCUT2D eigenvalue weighted by atomic mass is 10.0. The van der Waals surface area contributed by atoms with Crippen LogP contribution in [0, 0.1) is 11.6 Å². The highest BCUT2D eigenvalue weighted by Gasteiger charge is 2.25. The van der Waals surface area contributed by atoms with Gasteiger partial charge in [0.1, 0.15) is 11.6 Å². The molecule has 1 atom stereocenters. The molecule has 6 heteroatoms. The van der Waals surface area contributed by atoms with Crippen molar-refractivity contribution >= 4 is 11.6 Å². The van der Waals surface area contributed by atoms with Crippen LogP contribution in [0.2, 0.25) is 0 Å². The first-order chi connectivity index (χ1) is 11.5. The van der Waals surface area contributed by atoms with Crippen LogP contribution in [0.25, 0.3) is 0 Å². The molecule has 4 nitrogen and oxygen atoms in total. The first kappa shape index (κ1) is 16.1. The van der Waals surface area contributed by atoms with Crippen LogP contribution in [0.15, 0.2) is 53.7 Å². The van der Waals surface area contributed by atoms with Gasteiger partial charge < -0.3 is 9.74 Å². The van der Waals surface area contributed by atoms with Gasteiger partial charge in [0, 0.05) is 24.6 Å². The highest BCUT2D eigenvalue weighted by Crippen LogP contribution is 2.18. The Hall–Kier alpha value is -2.76. The van der Waals surface area contributed by atoms with Crippen LogP contribution < -0.4 is 0 Å². The van der Waals surface area contributed by atoms with Crippen molar-refractivity contribution in [2.75, 3.05) is 13.6 Å². The molecule has 0 radical (unpaired) electrons. The zero-order chi connectivity index (χ0) is 17.1. The fourth-order valence-corrected chi connectivity index (χ4v) is 2.60. The first-order valence-electron chi connectivity index (χ1n) is 7.52. The van der Waals surface area contributed by atoms with E-state index in [0.717, 1.165) is 0 Å². The van der Waals surface area contributed by atoms with Crippen molar-refractivity contribution in [2.24, 2.45) is 5.16 Å². The number of halogens is 2. The molecule has 1 aliphatic heterocycles. The van der Waals surface area contributed by atoms with Crippen LogP contribution in [-0.2, 0) is 4.84 Å². The Bertz CT molecular complexity index is 792. The quantitative estimate of drug-likeness (QED) is 0.864. The number of oxime groups is 1. The van der Waals surface area contributed by atoms with E-state index < -0.39 is 5.82 Å². The van der Waals surface area contributed by atoms with Gasteiger partial charge in [-0.05, 0) is 30.3 Å². The van der Waals surface area contributed by atoms with Crippen molar-refractivity contribution in [1.82, 2.24) is 4.90 Å². The molecule has 124 valence electrons. The Kier molecular flexibility index (Phi) is 4.55. The fourth-order valence-electron chi connectivity index (χ4n) is 2.60. The lowest BCUT2D eigenvalue weighted by Crippen LogP contribution is -2.34. The molecule has 0 spiro atoms. The molecule has 0 bridgehead atoms. The van der Waals surface area contributed by atoms with Gasteiger partial charge in [0.25, 0.3) is 5.91 Å². The van der Waals surface area contributed by atoms with Gasteiger partial charge in [-0.1, -0.05) is 23.4 Å². The van der Waals surface area contributed by atoms with Crippen molar-refractivity contribution < 1.29 is 18.4 Å². The molecule has 0 aliphatic carbocycles. The number of rotatable bonds is 4. The summed E-state index contributed by atoms with van der Waals surface area (Å²) in [6.45, 7) is 0.303. The molecule has 2 aromatic rings. The van der Waals surface area contributed by atoms with Gasteiger partial charge in [0.15, 0.2) is 6.10 Å². The van der Waals surface area contributed by atoms with E-state index in [1.807, 2.05) is 0 Å². The summed E-state index contributed by atoms with van der Waals surface area (Å²) in [7, 11) is 1.62. The van der Waals surface area contributed by atoms with Gasteiger partial charge in [-0.2, -0.15) is 0 Å². The number of nitrogens with zero attached hydrogens (tertiary/aromatic N) is 2. The molecule has 3 rings (SSSR count). The maximum absolute atomic E-state index is 13.3. The molecule has 1 amide bonds. The van der Waals surface area contributed by atoms with E-state index in [2.05, 4.69) is 5.16 Å². The first-order valence-corrected chi connectivity index (χ1v) is 7.52. The zero-order valence-electron chi connectivity index (χ0n) is 13.1. The van der Waals surface area contributed by atoms with E-state index in [0.29, 0.717) is 24.2 Å². The normalized spacial score (nSPS) is 16.5. The van der Waals surface area contributed by atoms with E-state index in [-0.39, 0.29) is 23.4 Å². The number of likely N-dealkylation sites (N-methyl/N-ethyl adjacent to an activating group) is 1. The maximum Gasteiger partial charge on any atom is 0.253 e. The number of carbonyl (C=O) groups excluding carboxylic acids is 1. The predicted molar refractivity (Wildman–Crippen MR) is 85.8 cm³/mol. The lowest BCUT2D eigenvalue weighted by Gasteiger charge is -2.20. The van der Waals surface area contributed by atoms with Crippen LogP contribution >= 0.6 is 0 Å². The maximum atomic E-state index is 13.3. The highest BCUT2D eigenvalue weighted by molar-refractivity contribution is 6.01. The Balaban J connectivity index is 1.61. The monoisotopic (exact) mass is 330 g/mol. The van der Waals surface area contributed by atoms with E-state index in [9.17, 15) is 13.6 Å². The molecule has 24 heavy (non-hydrogen) atoms. The van der Waals surface area contributed by atoms with Crippen LogP contribution in [0.4, 0.5) is 8.78 Å². The van der Waals surface area contributed by atoms with Crippen molar-refractivity contribution in [3.8, 4) is 0 Å². The number of carbonyl (C=O) groups is 1. The average molecular weight is 330 g/mol. The molecular formula is C18H16F2N2O2. The van der Waals surface area contributed by atoms with Crippen LogP contribution in [0.1, 0.15) is 22.3 Å². The molecule has 1 heterocycles. The summed E-state index contributed by atoms with van der Waals surface area (Å²) < 4.78 is 26.5. The Morgan fingerprint density at radius 2 is 1.92 bits per heavy atom. The number of hydrogen-bond acceptors (Lipinski definition) is 3. The predicted octanol–water partition coefficient (Wildman–Crippen LogP) is 3.23. The molecule has 0 aromatic heterocycles. The van der Waals surface area contributed by atoms with Gasteiger partial charge >= 0.3 is 0 Å². The standard InChI is InChI=1S/C18H16F2N2O2/c1-22(18(23)13-5-3-7-15(20)9-13)11-16-10-17(21-24-16)12-4-2-6-14(19)8-12/h2-9,16H,10-11H2,1H3/t16-/m0/s1. The van der Waals surface area contributed by atoms with Crippen molar-refractivity contribution in [3.63, 3.8) is 0 Å². The Morgan fingerprint density at radius 3 is 2.62 bits per heavy atom. The molecule has 0 N–H and O–H groups in total. The third-order valence-electron chi connectivity index (χ3n) is 3.79. The van der Waals surface area contributed by atoms with Gasteiger partial charge in [-0.25, -0.2) is 8.78 Å². The Morgan fingerprint density at radius 1 is 1.21 bits per heavy atom. The molecule has 0 unspecified atom stereocenters. The van der Waals surface area contributed by atoms with Crippen LogP contribution in [0.5, 0.6) is 0 Å². The van der Waals surface area contributed by atoms with E-state index in [1.54, 1.807) is 25.2 Å². The molecule has 0 saturated heterocycles. The zero-order valence-corrected chi connectivity index (χ0v) is 13.1. The van der Waals surface area contributed by atoms with Gasteiger partial charge in [-0.15, -0.1) is 0 Å². The smallest absolute Gasteiger partial charge is 0.253 e. The van der Waals surface area contributed by atoms with Crippen molar-refractivity contribution in [2.45, 2.75) is 12.5 Å². The van der Waals surface area contributed by atoms with Crippen LogP contribution in [-0.4, -0.2) is 36.2 Å². The van der Waals surface area contributed by atoms with Gasteiger partial charge in [0.05, 0.1) is 12.3 Å². The average Bonchev–Trinajstić information content (AvgIpc) is 3.02. The largest absolute Gasteiger partial charge is 0.390 e. The fraction of sp³-hybridized carbons (Fsp3) is 0.222. The van der Waals surface area contributed by atoms with E-state index >= 15 is 0 Å². The SMILES string of the molecule is CN(C[C@@H]1CC(c2cccc(F)c2)=NO1)C(=O)c1cccc(F)c1. The third kappa shape index (κ3) is 3.59.